The number of thiocarbonyl (C=S) groups is 1. The fourth-order valence-electron chi connectivity index (χ4n) is 1.47. The van der Waals surface area contributed by atoms with Crippen LogP contribution < -0.4 is 20.1 Å². The van der Waals surface area contributed by atoms with Crippen LogP contribution in [0.2, 0.25) is 0 Å². The first-order chi connectivity index (χ1) is 9.27. The highest BCUT2D eigenvalue weighted by molar-refractivity contribution is 7.80. The smallest absolute Gasteiger partial charge is 0.171 e. The average molecular weight is 296 g/mol. The molecule has 1 aromatic carbocycles. The molecule has 2 N–H and O–H groups in total. The van der Waals surface area contributed by atoms with Crippen molar-refractivity contribution < 1.29 is 9.47 Å². The fraction of sp³-hybridized carbons (Fsp3) is 0.533. The van der Waals surface area contributed by atoms with Gasteiger partial charge in [0.05, 0.1) is 19.9 Å². The largest absolute Gasteiger partial charge is 0.497 e. The number of nitrogens with one attached hydrogen (secondary N) is 2. The number of anilines is 1. The first kappa shape index (κ1) is 16.6. The molecule has 112 valence electrons. The van der Waals surface area contributed by atoms with E-state index in [-0.39, 0.29) is 11.5 Å². The van der Waals surface area contributed by atoms with Crippen LogP contribution in [0.5, 0.6) is 11.5 Å². The lowest BCUT2D eigenvalue weighted by molar-refractivity contribution is 0.317. The van der Waals surface area contributed by atoms with Crippen molar-refractivity contribution in [3.63, 3.8) is 0 Å². The van der Waals surface area contributed by atoms with Crippen LogP contribution >= 0.6 is 12.2 Å². The third kappa shape index (κ3) is 4.56. The molecule has 1 atom stereocenters. The van der Waals surface area contributed by atoms with E-state index in [1.54, 1.807) is 14.2 Å². The summed E-state index contributed by atoms with van der Waals surface area (Å²) in [6, 6.07) is 5.82. The zero-order valence-corrected chi connectivity index (χ0v) is 13.9. The summed E-state index contributed by atoms with van der Waals surface area (Å²) < 4.78 is 10.5. The number of methoxy groups -OCH3 is 2. The van der Waals surface area contributed by atoms with Gasteiger partial charge in [-0.2, -0.15) is 0 Å². The van der Waals surface area contributed by atoms with Gasteiger partial charge in [0, 0.05) is 12.1 Å². The maximum atomic E-state index is 5.34. The predicted molar refractivity (Wildman–Crippen MR) is 87.8 cm³/mol. The molecular weight excluding hydrogens is 272 g/mol. The van der Waals surface area contributed by atoms with Crippen LogP contribution in [0.25, 0.3) is 0 Å². The SMILES string of the molecule is COc1ccc(NC(=S)NC(C)C(C)(C)C)c(OC)c1. The second-order valence-electron chi connectivity index (χ2n) is 5.75. The highest BCUT2D eigenvalue weighted by atomic mass is 32.1. The summed E-state index contributed by atoms with van der Waals surface area (Å²) in [6.07, 6.45) is 0. The molecule has 0 saturated carbocycles. The summed E-state index contributed by atoms with van der Waals surface area (Å²) in [4.78, 5) is 0. The van der Waals surface area contributed by atoms with Crippen LogP contribution in [0.15, 0.2) is 18.2 Å². The van der Waals surface area contributed by atoms with E-state index in [0.29, 0.717) is 10.9 Å². The first-order valence-corrected chi connectivity index (χ1v) is 6.98. The third-order valence-electron chi connectivity index (χ3n) is 3.30. The predicted octanol–water partition coefficient (Wildman–Crippen LogP) is 3.42. The monoisotopic (exact) mass is 296 g/mol. The Balaban J connectivity index is 2.76. The summed E-state index contributed by atoms with van der Waals surface area (Å²) in [5, 5.41) is 7.02. The zero-order chi connectivity index (χ0) is 15.3. The Kier molecular flexibility index (Phi) is 5.62. The van der Waals surface area contributed by atoms with E-state index in [4.69, 9.17) is 21.7 Å². The number of ether oxygens (including phenoxy) is 2. The van der Waals surface area contributed by atoms with Crippen molar-refractivity contribution >= 4 is 23.0 Å². The summed E-state index contributed by atoms with van der Waals surface area (Å²) in [7, 11) is 3.24. The topological polar surface area (TPSA) is 42.5 Å². The van der Waals surface area contributed by atoms with E-state index in [1.165, 1.54) is 0 Å². The Labute approximate surface area is 126 Å². The molecule has 0 bridgehead atoms. The van der Waals surface area contributed by atoms with E-state index in [2.05, 4.69) is 38.3 Å². The second-order valence-corrected chi connectivity index (χ2v) is 6.16. The van der Waals surface area contributed by atoms with Crippen molar-refractivity contribution in [1.82, 2.24) is 5.32 Å². The summed E-state index contributed by atoms with van der Waals surface area (Å²) >= 11 is 5.34. The molecular formula is C15H24N2O2S. The van der Waals surface area contributed by atoms with Crippen LogP contribution in [0.1, 0.15) is 27.7 Å². The van der Waals surface area contributed by atoms with Gasteiger partial charge in [-0.25, -0.2) is 0 Å². The van der Waals surface area contributed by atoms with E-state index in [0.717, 1.165) is 11.4 Å². The fourth-order valence-corrected chi connectivity index (χ4v) is 1.76. The molecule has 5 heteroatoms. The second kappa shape index (κ2) is 6.79. The van der Waals surface area contributed by atoms with E-state index in [9.17, 15) is 0 Å². The summed E-state index contributed by atoms with van der Waals surface area (Å²) in [5.74, 6) is 1.44. The number of benzene rings is 1. The van der Waals surface area contributed by atoms with Crippen LogP contribution in [0.4, 0.5) is 5.69 Å². The third-order valence-corrected chi connectivity index (χ3v) is 3.52. The highest BCUT2D eigenvalue weighted by Gasteiger charge is 2.20. The summed E-state index contributed by atoms with van der Waals surface area (Å²) in [6.45, 7) is 8.61. The Hall–Kier alpha value is -1.49. The molecule has 1 unspecified atom stereocenters. The minimum absolute atomic E-state index is 0.135. The Bertz CT molecular complexity index is 469. The standard InChI is InChI=1S/C15H24N2O2S/c1-10(15(2,3)4)16-14(20)17-12-8-7-11(18-5)9-13(12)19-6/h7-10H,1-6H3,(H2,16,17,20). The molecule has 0 amide bonds. The molecule has 1 rings (SSSR count). The van der Waals surface area contributed by atoms with Gasteiger partial charge in [0.1, 0.15) is 11.5 Å². The van der Waals surface area contributed by atoms with E-state index >= 15 is 0 Å². The van der Waals surface area contributed by atoms with Gasteiger partial charge in [-0.3, -0.25) is 0 Å². The van der Waals surface area contributed by atoms with Gasteiger partial charge in [-0.05, 0) is 36.7 Å². The van der Waals surface area contributed by atoms with Gasteiger partial charge >= 0.3 is 0 Å². The molecule has 0 aliphatic carbocycles. The van der Waals surface area contributed by atoms with Gasteiger partial charge in [-0.1, -0.05) is 20.8 Å². The molecule has 0 radical (unpaired) electrons. The van der Waals surface area contributed by atoms with Crippen molar-refractivity contribution in [2.45, 2.75) is 33.7 Å². The van der Waals surface area contributed by atoms with Gasteiger partial charge in [0.2, 0.25) is 0 Å². The zero-order valence-electron chi connectivity index (χ0n) is 13.0. The minimum atomic E-state index is 0.135. The Morgan fingerprint density at radius 1 is 1.20 bits per heavy atom. The normalized spacial score (nSPS) is 12.5. The van der Waals surface area contributed by atoms with Crippen LogP contribution in [0, 0.1) is 5.41 Å². The van der Waals surface area contributed by atoms with Crippen LogP contribution in [0.3, 0.4) is 0 Å². The molecule has 0 spiro atoms. The van der Waals surface area contributed by atoms with Gasteiger partial charge in [-0.15, -0.1) is 0 Å². The van der Waals surface area contributed by atoms with Crippen molar-refractivity contribution in [3.8, 4) is 11.5 Å². The molecule has 20 heavy (non-hydrogen) atoms. The highest BCUT2D eigenvalue weighted by Crippen LogP contribution is 2.29. The molecule has 1 aromatic rings. The Morgan fingerprint density at radius 2 is 1.85 bits per heavy atom. The lowest BCUT2D eigenvalue weighted by Gasteiger charge is -2.29. The number of hydrogen-bond donors (Lipinski definition) is 2. The molecule has 0 aromatic heterocycles. The molecule has 0 saturated heterocycles. The average Bonchev–Trinajstić information content (AvgIpc) is 2.37. The van der Waals surface area contributed by atoms with Gasteiger partial charge < -0.3 is 20.1 Å². The number of rotatable bonds is 4. The van der Waals surface area contributed by atoms with Gasteiger partial charge in [0.25, 0.3) is 0 Å². The van der Waals surface area contributed by atoms with Crippen molar-refractivity contribution in [2.24, 2.45) is 5.41 Å². The minimum Gasteiger partial charge on any atom is -0.497 e. The lowest BCUT2D eigenvalue weighted by atomic mass is 9.88. The quantitative estimate of drug-likeness (QED) is 0.833. The van der Waals surface area contributed by atoms with E-state index in [1.807, 2.05) is 18.2 Å². The van der Waals surface area contributed by atoms with Crippen molar-refractivity contribution in [2.75, 3.05) is 19.5 Å². The molecule has 0 heterocycles. The van der Waals surface area contributed by atoms with Gasteiger partial charge in [0.15, 0.2) is 5.11 Å². The van der Waals surface area contributed by atoms with Crippen molar-refractivity contribution in [1.29, 1.82) is 0 Å². The first-order valence-electron chi connectivity index (χ1n) is 6.57. The molecule has 0 aliphatic heterocycles. The molecule has 0 aliphatic rings. The van der Waals surface area contributed by atoms with E-state index < -0.39 is 0 Å². The van der Waals surface area contributed by atoms with Crippen molar-refractivity contribution in [3.05, 3.63) is 18.2 Å². The maximum Gasteiger partial charge on any atom is 0.171 e. The van der Waals surface area contributed by atoms with Crippen LogP contribution in [-0.4, -0.2) is 25.4 Å². The molecule has 0 fully saturated rings. The maximum absolute atomic E-state index is 5.34. The molecule has 4 nitrogen and oxygen atoms in total. The summed E-state index contributed by atoms with van der Waals surface area (Å²) in [5.41, 5.74) is 0.947. The Morgan fingerprint density at radius 3 is 2.35 bits per heavy atom. The van der Waals surface area contributed by atoms with Crippen LogP contribution in [-0.2, 0) is 0 Å². The lowest BCUT2D eigenvalue weighted by Crippen LogP contribution is -2.43. The number of hydrogen-bond acceptors (Lipinski definition) is 3.